The van der Waals surface area contributed by atoms with Crippen molar-refractivity contribution in [2.24, 2.45) is 0 Å². The number of urea groups is 1. The van der Waals surface area contributed by atoms with Crippen LogP contribution in [0.15, 0.2) is 48.5 Å². The van der Waals surface area contributed by atoms with E-state index in [1.807, 2.05) is 36.4 Å². The molecule has 3 N–H and O–H groups in total. The van der Waals surface area contributed by atoms with Gasteiger partial charge in [0.2, 0.25) is 0 Å². The predicted molar refractivity (Wildman–Crippen MR) is 123 cm³/mol. The van der Waals surface area contributed by atoms with E-state index in [-0.39, 0.29) is 6.03 Å². The number of amides is 2. The monoisotopic (exact) mass is 439 g/mol. The molecule has 2 aromatic carbocycles. The lowest BCUT2D eigenvalue weighted by Gasteiger charge is -2.29. The van der Waals surface area contributed by atoms with Crippen molar-refractivity contribution in [2.75, 3.05) is 39.4 Å². The maximum atomic E-state index is 12.6. The van der Waals surface area contributed by atoms with Gasteiger partial charge < -0.3 is 30.1 Å². The van der Waals surface area contributed by atoms with Crippen molar-refractivity contribution in [3.8, 4) is 11.5 Å². The highest BCUT2D eigenvalue weighted by Crippen LogP contribution is 2.33. The fourth-order valence-corrected chi connectivity index (χ4v) is 4.30. The molecule has 0 aliphatic carbocycles. The zero-order valence-corrected chi connectivity index (χ0v) is 18.5. The lowest BCUT2D eigenvalue weighted by Crippen LogP contribution is -2.50. The van der Waals surface area contributed by atoms with Crippen molar-refractivity contribution in [1.82, 2.24) is 15.5 Å². The van der Waals surface area contributed by atoms with Gasteiger partial charge in [-0.3, -0.25) is 0 Å². The van der Waals surface area contributed by atoms with Gasteiger partial charge in [-0.25, -0.2) is 4.79 Å². The summed E-state index contributed by atoms with van der Waals surface area (Å²) in [4.78, 5) is 14.9. The van der Waals surface area contributed by atoms with Crippen LogP contribution in [0, 0.1) is 0 Å². The van der Waals surface area contributed by atoms with E-state index in [4.69, 9.17) is 9.47 Å². The molecular weight excluding hydrogens is 406 g/mol. The van der Waals surface area contributed by atoms with Crippen molar-refractivity contribution in [3.63, 3.8) is 0 Å². The van der Waals surface area contributed by atoms with Gasteiger partial charge in [-0.1, -0.05) is 36.4 Å². The number of nitrogens with one attached hydrogen (secondary N) is 2. The van der Waals surface area contributed by atoms with E-state index in [2.05, 4.69) is 27.7 Å². The van der Waals surface area contributed by atoms with E-state index >= 15 is 0 Å². The molecule has 32 heavy (non-hydrogen) atoms. The number of ether oxygens (including phenoxy) is 2. The maximum absolute atomic E-state index is 12.6. The number of carbonyl (C=O) groups is 1. The second-order valence-corrected chi connectivity index (χ2v) is 8.45. The highest BCUT2D eigenvalue weighted by atomic mass is 16.6. The number of aliphatic hydroxyl groups is 1. The Balaban J connectivity index is 1.34. The van der Waals surface area contributed by atoms with E-state index in [9.17, 15) is 9.90 Å². The number of hydrogen-bond donors (Lipinski definition) is 3. The molecule has 7 nitrogen and oxygen atoms in total. The number of carbonyl (C=O) groups excluding carboxylic acids is 1. The molecule has 1 saturated heterocycles. The van der Waals surface area contributed by atoms with Crippen LogP contribution in [-0.4, -0.2) is 61.5 Å². The van der Waals surface area contributed by atoms with Crippen molar-refractivity contribution < 1.29 is 19.4 Å². The number of hydrogen-bond acceptors (Lipinski definition) is 5. The van der Waals surface area contributed by atoms with Crippen LogP contribution in [0.25, 0.3) is 0 Å². The minimum Gasteiger partial charge on any atom is -0.486 e. The standard InChI is InChI=1S/C25H33N3O4/c29-24(20-10-11-22-23(17-20)32-16-15-31-22)21(18-28-13-4-5-14-28)27-25(30)26-12-6-9-19-7-2-1-3-8-19/h1-3,7-8,10-11,17,21,24,29H,4-6,9,12-16,18H2,(H2,26,27,30). The number of fused-ring (bicyclic) bond motifs is 1. The molecule has 172 valence electrons. The zero-order chi connectivity index (χ0) is 22.2. The number of likely N-dealkylation sites (tertiary alicyclic amines) is 1. The summed E-state index contributed by atoms with van der Waals surface area (Å²) in [5.74, 6) is 1.32. The number of rotatable bonds is 9. The smallest absolute Gasteiger partial charge is 0.315 e. The molecule has 0 saturated carbocycles. The van der Waals surface area contributed by atoms with Crippen LogP contribution >= 0.6 is 0 Å². The Hall–Kier alpha value is -2.77. The Kier molecular flexibility index (Phi) is 7.85. The molecule has 0 bridgehead atoms. The van der Waals surface area contributed by atoms with Crippen LogP contribution in [0.2, 0.25) is 0 Å². The number of aliphatic hydroxyl groups excluding tert-OH is 1. The number of benzene rings is 2. The van der Waals surface area contributed by atoms with Gasteiger partial charge in [0.05, 0.1) is 6.04 Å². The third kappa shape index (κ3) is 6.14. The quantitative estimate of drug-likeness (QED) is 0.524. The Labute approximate surface area is 189 Å². The van der Waals surface area contributed by atoms with Gasteiger partial charge >= 0.3 is 6.03 Å². The minimum atomic E-state index is -0.846. The summed E-state index contributed by atoms with van der Waals surface area (Å²) in [6.07, 6.45) is 3.23. The van der Waals surface area contributed by atoms with Crippen LogP contribution in [0.4, 0.5) is 4.79 Å². The molecule has 2 aliphatic rings. The molecule has 2 aromatic rings. The highest BCUT2D eigenvalue weighted by Gasteiger charge is 2.27. The minimum absolute atomic E-state index is 0.251. The third-order valence-corrected chi connectivity index (χ3v) is 6.03. The second kappa shape index (κ2) is 11.2. The number of aryl methyl sites for hydroxylation is 1. The van der Waals surface area contributed by atoms with Gasteiger partial charge in [0.1, 0.15) is 19.3 Å². The molecular formula is C25H33N3O4. The normalized spacial score (nSPS) is 17.5. The summed E-state index contributed by atoms with van der Waals surface area (Å²) in [6, 6.07) is 15.0. The average Bonchev–Trinajstić information content (AvgIpc) is 3.34. The van der Waals surface area contributed by atoms with Crippen LogP contribution in [0.1, 0.15) is 36.5 Å². The van der Waals surface area contributed by atoms with Crippen LogP contribution in [0.3, 0.4) is 0 Å². The lowest BCUT2D eigenvalue weighted by molar-refractivity contribution is 0.108. The van der Waals surface area contributed by atoms with Crippen LogP contribution < -0.4 is 20.1 Å². The molecule has 0 radical (unpaired) electrons. The van der Waals surface area contributed by atoms with E-state index in [1.54, 1.807) is 0 Å². The van der Waals surface area contributed by atoms with Crippen molar-refractivity contribution in [3.05, 3.63) is 59.7 Å². The van der Waals surface area contributed by atoms with Crippen molar-refractivity contribution in [2.45, 2.75) is 37.8 Å². The molecule has 1 fully saturated rings. The molecule has 2 atom stereocenters. The molecule has 0 aromatic heterocycles. The first kappa shape index (κ1) is 22.4. The molecule has 0 spiro atoms. The first-order valence-corrected chi connectivity index (χ1v) is 11.6. The summed E-state index contributed by atoms with van der Waals surface area (Å²) in [6.45, 7) is 4.19. The summed E-state index contributed by atoms with van der Waals surface area (Å²) in [5.41, 5.74) is 1.97. The van der Waals surface area contributed by atoms with Crippen molar-refractivity contribution >= 4 is 6.03 Å². The van der Waals surface area contributed by atoms with Gasteiger partial charge in [0, 0.05) is 13.1 Å². The van der Waals surface area contributed by atoms with Gasteiger partial charge in [-0.2, -0.15) is 0 Å². The summed E-state index contributed by atoms with van der Waals surface area (Å²) < 4.78 is 11.2. The molecule has 2 heterocycles. The fourth-order valence-electron chi connectivity index (χ4n) is 4.30. The van der Waals surface area contributed by atoms with E-state index in [0.29, 0.717) is 43.4 Å². The Morgan fingerprint density at radius 3 is 2.56 bits per heavy atom. The van der Waals surface area contributed by atoms with E-state index in [1.165, 1.54) is 5.56 Å². The second-order valence-electron chi connectivity index (χ2n) is 8.45. The third-order valence-electron chi connectivity index (χ3n) is 6.03. The van der Waals surface area contributed by atoms with E-state index < -0.39 is 12.1 Å². The SMILES string of the molecule is O=C(NCCCc1ccccc1)NC(CN1CCCC1)C(O)c1ccc2c(c1)OCCO2. The molecule has 2 amide bonds. The topological polar surface area (TPSA) is 83.1 Å². The molecule has 4 rings (SSSR count). The summed E-state index contributed by atoms with van der Waals surface area (Å²) >= 11 is 0. The number of nitrogens with zero attached hydrogens (tertiary/aromatic N) is 1. The van der Waals surface area contributed by atoms with Gasteiger partial charge in [-0.15, -0.1) is 0 Å². The van der Waals surface area contributed by atoms with Crippen LogP contribution in [-0.2, 0) is 6.42 Å². The van der Waals surface area contributed by atoms with Gasteiger partial charge in [0.15, 0.2) is 11.5 Å². The Morgan fingerprint density at radius 1 is 1.03 bits per heavy atom. The lowest BCUT2D eigenvalue weighted by atomic mass is 10.0. The Bertz CT molecular complexity index is 871. The Morgan fingerprint density at radius 2 is 1.78 bits per heavy atom. The summed E-state index contributed by atoms with van der Waals surface area (Å²) in [5, 5.41) is 17.1. The zero-order valence-electron chi connectivity index (χ0n) is 18.5. The van der Waals surface area contributed by atoms with Crippen LogP contribution in [0.5, 0.6) is 11.5 Å². The molecule has 7 heteroatoms. The summed E-state index contributed by atoms with van der Waals surface area (Å²) in [7, 11) is 0. The average molecular weight is 440 g/mol. The molecule has 2 aliphatic heterocycles. The molecule has 2 unspecified atom stereocenters. The first-order valence-electron chi connectivity index (χ1n) is 11.6. The first-order chi connectivity index (χ1) is 15.7. The van der Waals surface area contributed by atoms with Crippen molar-refractivity contribution in [1.29, 1.82) is 0 Å². The fraction of sp³-hybridized carbons (Fsp3) is 0.480. The largest absolute Gasteiger partial charge is 0.486 e. The predicted octanol–water partition coefficient (Wildman–Crippen LogP) is 2.89. The van der Waals surface area contributed by atoms with E-state index in [0.717, 1.165) is 38.8 Å². The highest BCUT2D eigenvalue weighted by molar-refractivity contribution is 5.74. The van der Waals surface area contributed by atoms with Gasteiger partial charge in [0.25, 0.3) is 0 Å². The maximum Gasteiger partial charge on any atom is 0.315 e. The van der Waals surface area contributed by atoms with Gasteiger partial charge in [-0.05, 0) is 62.0 Å².